The Hall–Kier alpha value is -0.770. The van der Waals surface area contributed by atoms with Gasteiger partial charge in [0.25, 0.3) is 0 Å². The number of hydrogen-bond donors (Lipinski definition) is 1. The summed E-state index contributed by atoms with van der Waals surface area (Å²) in [5.74, 6) is 0.813. The van der Waals surface area contributed by atoms with Gasteiger partial charge in [-0.05, 0) is 50.4 Å². The lowest BCUT2D eigenvalue weighted by Gasteiger charge is -2.33. The molecule has 20 heavy (non-hydrogen) atoms. The van der Waals surface area contributed by atoms with E-state index in [4.69, 9.17) is 16.3 Å². The molecule has 1 atom stereocenters. The quantitative estimate of drug-likeness (QED) is 0.796. The number of rotatable bonds is 8. The van der Waals surface area contributed by atoms with Crippen LogP contribution in [0.5, 0.6) is 0 Å². The highest BCUT2D eigenvalue weighted by molar-refractivity contribution is 6.30. The molecule has 0 radical (unpaired) electrons. The summed E-state index contributed by atoms with van der Waals surface area (Å²) in [4.78, 5) is 2.46. The lowest BCUT2D eigenvalue weighted by atomic mass is 10.1. The molecule has 1 unspecified atom stereocenters. The molecule has 1 aromatic rings. The van der Waals surface area contributed by atoms with E-state index in [-0.39, 0.29) is 0 Å². The fourth-order valence-electron chi connectivity index (χ4n) is 2.71. The number of anilines is 1. The number of methoxy groups -OCH3 is 1. The molecular formula is C16H25ClN2O. The van der Waals surface area contributed by atoms with Gasteiger partial charge in [-0.2, -0.15) is 0 Å². The largest absolute Gasteiger partial charge is 0.383 e. The van der Waals surface area contributed by atoms with Gasteiger partial charge in [0.1, 0.15) is 0 Å². The SMILES string of the molecule is CNCc1ccc(Cl)cc1N(CCOC)C(C)C1CC1. The highest BCUT2D eigenvalue weighted by Crippen LogP contribution is 2.38. The molecule has 1 N–H and O–H groups in total. The Bertz CT molecular complexity index is 434. The molecule has 1 fully saturated rings. The summed E-state index contributed by atoms with van der Waals surface area (Å²) in [5.41, 5.74) is 2.53. The minimum Gasteiger partial charge on any atom is -0.383 e. The van der Waals surface area contributed by atoms with Crippen molar-refractivity contribution < 1.29 is 4.74 Å². The van der Waals surface area contributed by atoms with Gasteiger partial charge in [0.2, 0.25) is 0 Å². The Labute approximate surface area is 127 Å². The molecule has 0 bridgehead atoms. The summed E-state index contributed by atoms with van der Waals surface area (Å²) in [6.45, 7) is 4.82. The molecule has 3 nitrogen and oxygen atoms in total. The zero-order chi connectivity index (χ0) is 14.5. The minimum atomic E-state index is 0.541. The maximum atomic E-state index is 6.22. The summed E-state index contributed by atoms with van der Waals surface area (Å²) < 4.78 is 5.28. The van der Waals surface area contributed by atoms with Crippen LogP contribution in [0.3, 0.4) is 0 Å². The van der Waals surface area contributed by atoms with Crippen LogP contribution in [-0.2, 0) is 11.3 Å². The smallest absolute Gasteiger partial charge is 0.0637 e. The summed E-state index contributed by atoms with van der Waals surface area (Å²) in [5, 5.41) is 4.03. The monoisotopic (exact) mass is 296 g/mol. The molecule has 0 spiro atoms. The van der Waals surface area contributed by atoms with Gasteiger partial charge in [-0.25, -0.2) is 0 Å². The molecule has 1 saturated carbocycles. The number of ether oxygens (including phenoxy) is 1. The molecule has 1 aliphatic carbocycles. The van der Waals surface area contributed by atoms with Crippen molar-refractivity contribution in [1.82, 2.24) is 5.32 Å². The Balaban J connectivity index is 2.27. The van der Waals surface area contributed by atoms with Gasteiger partial charge in [-0.1, -0.05) is 17.7 Å². The third kappa shape index (κ3) is 3.87. The molecule has 1 aromatic carbocycles. The molecular weight excluding hydrogens is 272 g/mol. The van der Waals surface area contributed by atoms with E-state index in [9.17, 15) is 0 Å². The van der Waals surface area contributed by atoms with E-state index >= 15 is 0 Å². The van der Waals surface area contributed by atoms with Gasteiger partial charge >= 0.3 is 0 Å². The van der Waals surface area contributed by atoms with E-state index in [1.807, 2.05) is 13.1 Å². The maximum absolute atomic E-state index is 6.22. The van der Waals surface area contributed by atoms with Crippen LogP contribution in [0, 0.1) is 5.92 Å². The second-order valence-corrected chi connectivity index (χ2v) is 6.00. The number of nitrogens with zero attached hydrogens (tertiary/aromatic N) is 1. The van der Waals surface area contributed by atoms with E-state index in [0.717, 1.165) is 30.6 Å². The topological polar surface area (TPSA) is 24.5 Å². The van der Waals surface area contributed by atoms with E-state index in [2.05, 4.69) is 29.3 Å². The van der Waals surface area contributed by atoms with Gasteiger partial charge in [0.15, 0.2) is 0 Å². The molecule has 0 aliphatic heterocycles. The van der Waals surface area contributed by atoms with Crippen LogP contribution in [0.4, 0.5) is 5.69 Å². The van der Waals surface area contributed by atoms with Crippen LogP contribution in [0.15, 0.2) is 18.2 Å². The Morgan fingerprint density at radius 3 is 2.80 bits per heavy atom. The molecule has 1 aliphatic rings. The first-order chi connectivity index (χ1) is 9.67. The highest BCUT2D eigenvalue weighted by Gasteiger charge is 2.32. The van der Waals surface area contributed by atoms with E-state index < -0.39 is 0 Å². The van der Waals surface area contributed by atoms with E-state index in [1.165, 1.54) is 24.1 Å². The molecule has 2 rings (SSSR count). The third-order valence-electron chi connectivity index (χ3n) is 4.06. The van der Waals surface area contributed by atoms with Crippen molar-refractivity contribution in [2.75, 3.05) is 32.2 Å². The van der Waals surface area contributed by atoms with Crippen molar-refractivity contribution in [3.8, 4) is 0 Å². The Morgan fingerprint density at radius 2 is 2.20 bits per heavy atom. The second-order valence-electron chi connectivity index (χ2n) is 5.57. The van der Waals surface area contributed by atoms with Gasteiger partial charge in [0.05, 0.1) is 6.61 Å². The van der Waals surface area contributed by atoms with Crippen molar-refractivity contribution in [2.24, 2.45) is 5.92 Å². The number of nitrogens with one attached hydrogen (secondary N) is 1. The van der Waals surface area contributed by atoms with Gasteiger partial charge < -0.3 is 15.0 Å². The van der Waals surface area contributed by atoms with Crippen molar-refractivity contribution in [3.05, 3.63) is 28.8 Å². The highest BCUT2D eigenvalue weighted by atomic mass is 35.5. The van der Waals surface area contributed by atoms with Gasteiger partial charge in [0, 0.05) is 37.0 Å². The van der Waals surface area contributed by atoms with Crippen LogP contribution in [0.2, 0.25) is 5.02 Å². The fraction of sp³-hybridized carbons (Fsp3) is 0.625. The average molecular weight is 297 g/mol. The predicted octanol–water partition coefficient (Wildman–Crippen LogP) is 3.31. The van der Waals surface area contributed by atoms with Crippen LogP contribution >= 0.6 is 11.6 Å². The van der Waals surface area contributed by atoms with Gasteiger partial charge in [-0.15, -0.1) is 0 Å². The van der Waals surface area contributed by atoms with E-state index in [1.54, 1.807) is 7.11 Å². The molecule has 0 heterocycles. The van der Waals surface area contributed by atoms with E-state index in [0.29, 0.717) is 6.04 Å². The summed E-state index contributed by atoms with van der Waals surface area (Å²) in [6, 6.07) is 6.71. The van der Waals surface area contributed by atoms with Crippen molar-refractivity contribution in [1.29, 1.82) is 0 Å². The van der Waals surface area contributed by atoms with Crippen LogP contribution in [0.1, 0.15) is 25.3 Å². The van der Waals surface area contributed by atoms with Crippen LogP contribution in [-0.4, -0.2) is 33.4 Å². The summed E-state index contributed by atoms with van der Waals surface area (Å²) in [7, 11) is 3.73. The molecule has 0 amide bonds. The maximum Gasteiger partial charge on any atom is 0.0637 e. The Kier molecular flexibility index (Phi) is 5.70. The molecule has 4 heteroatoms. The second kappa shape index (κ2) is 7.30. The van der Waals surface area contributed by atoms with Crippen LogP contribution < -0.4 is 10.2 Å². The third-order valence-corrected chi connectivity index (χ3v) is 4.29. The average Bonchev–Trinajstić information content (AvgIpc) is 3.26. The first kappa shape index (κ1) is 15.6. The van der Waals surface area contributed by atoms with Crippen molar-refractivity contribution in [2.45, 2.75) is 32.4 Å². The standard InChI is InChI=1S/C16H25ClN2O/c1-12(13-4-5-13)19(8-9-20-3)16-10-15(17)7-6-14(16)11-18-2/h6-7,10,12-13,18H,4-5,8-9,11H2,1-3H3. The summed E-state index contributed by atoms with van der Waals surface area (Å²) in [6.07, 6.45) is 2.68. The van der Waals surface area contributed by atoms with Crippen molar-refractivity contribution in [3.63, 3.8) is 0 Å². The molecule has 0 aromatic heterocycles. The minimum absolute atomic E-state index is 0.541. The first-order valence-corrected chi connectivity index (χ1v) is 7.73. The number of halogens is 1. The number of benzene rings is 1. The predicted molar refractivity (Wildman–Crippen MR) is 85.6 cm³/mol. The number of hydrogen-bond acceptors (Lipinski definition) is 3. The lowest BCUT2D eigenvalue weighted by molar-refractivity contribution is 0.202. The van der Waals surface area contributed by atoms with Crippen molar-refractivity contribution >= 4 is 17.3 Å². The Morgan fingerprint density at radius 1 is 1.45 bits per heavy atom. The fourth-order valence-corrected chi connectivity index (χ4v) is 2.88. The molecule has 0 saturated heterocycles. The van der Waals surface area contributed by atoms with Gasteiger partial charge in [-0.3, -0.25) is 0 Å². The molecule has 112 valence electrons. The lowest BCUT2D eigenvalue weighted by Crippen LogP contribution is -2.38. The van der Waals surface area contributed by atoms with Crippen LogP contribution in [0.25, 0.3) is 0 Å². The zero-order valence-corrected chi connectivity index (χ0v) is 13.4. The first-order valence-electron chi connectivity index (χ1n) is 7.36. The normalized spacial score (nSPS) is 16.2. The zero-order valence-electron chi connectivity index (χ0n) is 12.7. The summed E-state index contributed by atoms with van der Waals surface area (Å²) >= 11 is 6.22.